The van der Waals surface area contributed by atoms with Crippen molar-refractivity contribution in [1.29, 1.82) is 0 Å². The second kappa shape index (κ2) is 6.96. The normalized spacial score (nSPS) is 10.7. The molecule has 0 aromatic heterocycles. The van der Waals surface area contributed by atoms with Crippen molar-refractivity contribution in [3.05, 3.63) is 60.7 Å². The lowest BCUT2D eigenvalue weighted by atomic mass is 10.4. The van der Waals surface area contributed by atoms with Gasteiger partial charge in [-0.05, 0) is 10.8 Å². The van der Waals surface area contributed by atoms with E-state index in [0.717, 1.165) is 0 Å². The largest absolute Gasteiger partial charge is 0.103 e. The Labute approximate surface area is 119 Å². The van der Waals surface area contributed by atoms with Gasteiger partial charge in [0, 0.05) is 0 Å². The van der Waals surface area contributed by atoms with Crippen molar-refractivity contribution in [3.63, 3.8) is 0 Å². The van der Waals surface area contributed by atoms with Gasteiger partial charge in [-0.15, -0.1) is 0 Å². The van der Waals surface area contributed by atoms with Crippen LogP contribution < -0.4 is 10.4 Å². The molecule has 88 valence electrons. The molecule has 0 aliphatic heterocycles. The molecule has 0 atom stereocenters. The summed E-state index contributed by atoms with van der Waals surface area (Å²) in [5.74, 6) is 0. The second-order valence-electron chi connectivity index (χ2n) is 4.21. The fraction of sp³-hybridized carbons (Fsp3) is 0.200. The van der Waals surface area contributed by atoms with Crippen LogP contribution in [0, 0.1) is 0 Å². The van der Waals surface area contributed by atoms with Gasteiger partial charge in [0.1, 0.15) is 8.80 Å². The predicted octanol–water partition coefficient (Wildman–Crippen LogP) is 2.85. The van der Waals surface area contributed by atoms with Crippen molar-refractivity contribution in [3.8, 4) is 0 Å². The number of halogens is 1. The Morgan fingerprint density at radius 1 is 0.765 bits per heavy atom. The maximum Gasteiger partial charge on any atom is 0.103 e. The molecule has 0 nitrogen and oxygen atoms in total. The molecule has 2 heteroatoms. The van der Waals surface area contributed by atoms with Crippen LogP contribution in [0.1, 0.15) is 6.42 Å². The molecular formula is C15H17ISi. The predicted molar refractivity (Wildman–Crippen MR) is 87.6 cm³/mol. The number of benzene rings is 2. The third kappa shape index (κ3) is 3.68. The summed E-state index contributed by atoms with van der Waals surface area (Å²) in [6.45, 7) is 0. The molecule has 0 aliphatic carbocycles. The molecule has 0 radical (unpaired) electrons. The molecule has 0 bridgehead atoms. The van der Waals surface area contributed by atoms with E-state index in [1.54, 1.807) is 10.4 Å². The lowest BCUT2D eigenvalue weighted by molar-refractivity contribution is 1.11. The van der Waals surface area contributed by atoms with Crippen molar-refractivity contribution in [2.24, 2.45) is 0 Å². The van der Waals surface area contributed by atoms with Gasteiger partial charge >= 0.3 is 0 Å². The summed E-state index contributed by atoms with van der Waals surface area (Å²) in [5, 5.41) is 3.15. The van der Waals surface area contributed by atoms with Crippen molar-refractivity contribution < 1.29 is 0 Å². The highest BCUT2D eigenvalue weighted by molar-refractivity contribution is 14.1. The standard InChI is InChI=1S/C15H17ISi/c16-12-7-13-17(14-8-3-1-4-9-14)15-10-5-2-6-11-15/h1-6,8-11,17H,7,12-13H2. The summed E-state index contributed by atoms with van der Waals surface area (Å²) in [6.07, 6.45) is 1.33. The van der Waals surface area contributed by atoms with Crippen molar-refractivity contribution >= 4 is 41.8 Å². The van der Waals surface area contributed by atoms with Crippen LogP contribution in [-0.4, -0.2) is 13.2 Å². The molecular weight excluding hydrogens is 335 g/mol. The first-order chi connectivity index (χ1) is 8.42. The van der Waals surface area contributed by atoms with Crippen LogP contribution in [0.4, 0.5) is 0 Å². The average Bonchev–Trinajstić information content (AvgIpc) is 2.42. The second-order valence-corrected chi connectivity index (χ2v) is 8.30. The highest BCUT2D eigenvalue weighted by Gasteiger charge is 2.14. The number of hydrogen-bond donors (Lipinski definition) is 0. The molecule has 0 heterocycles. The lowest BCUT2D eigenvalue weighted by Gasteiger charge is -2.15. The number of rotatable bonds is 5. The van der Waals surface area contributed by atoms with Gasteiger partial charge in [0.15, 0.2) is 0 Å². The Morgan fingerprint density at radius 3 is 1.65 bits per heavy atom. The van der Waals surface area contributed by atoms with Crippen LogP contribution in [0.5, 0.6) is 0 Å². The molecule has 0 amide bonds. The van der Waals surface area contributed by atoms with Gasteiger partial charge < -0.3 is 0 Å². The van der Waals surface area contributed by atoms with E-state index in [0.29, 0.717) is 0 Å². The van der Waals surface area contributed by atoms with Gasteiger partial charge in [-0.3, -0.25) is 0 Å². The lowest BCUT2D eigenvalue weighted by Crippen LogP contribution is -2.41. The van der Waals surface area contributed by atoms with Gasteiger partial charge in [0.2, 0.25) is 0 Å². The summed E-state index contributed by atoms with van der Waals surface area (Å²) in [7, 11) is -0.973. The summed E-state index contributed by atoms with van der Waals surface area (Å²) in [6, 6.07) is 23.5. The molecule has 0 saturated carbocycles. The molecule has 0 N–H and O–H groups in total. The third-order valence-corrected chi connectivity index (χ3v) is 7.16. The first-order valence-corrected chi connectivity index (χ1v) is 9.57. The zero-order valence-electron chi connectivity index (χ0n) is 9.85. The fourth-order valence-corrected chi connectivity index (χ4v) is 6.49. The fourth-order valence-electron chi connectivity index (χ4n) is 2.18. The first-order valence-electron chi connectivity index (χ1n) is 6.07. The van der Waals surface area contributed by atoms with E-state index in [1.165, 1.54) is 16.9 Å². The van der Waals surface area contributed by atoms with E-state index in [1.807, 2.05) is 0 Å². The number of hydrogen-bond acceptors (Lipinski definition) is 0. The van der Waals surface area contributed by atoms with E-state index in [9.17, 15) is 0 Å². The van der Waals surface area contributed by atoms with Crippen molar-refractivity contribution in [1.82, 2.24) is 0 Å². The van der Waals surface area contributed by atoms with Gasteiger partial charge in [-0.1, -0.05) is 99.7 Å². The van der Waals surface area contributed by atoms with Gasteiger partial charge in [0.25, 0.3) is 0 Å². The third-order valence-electron chi connectivity index (χ3n) is 3.03. The summed E-state index contributed by atoms with van der Waals surface area (Å²) < 4.78 is 1.26. The van der Waals surface area contributed by atoms with Gasteiger partial charge in [-0.25, -0.2) is 0 Å². The minimum absolute atomic E-state index is 0.973. The smallest absolute Gasteiger partial charge is 0.0864 e. The Bertz CT molecular complexity index is 388. The number of alkyl halides is 1. The van der Waals surface area contributed by atoms with Crippen LogP contribution in [0.15, 0.2) is 60.7 Å². The van der Waals surface area contributed by atoms with Crippen LogP contribution >= 0.6 is 22.6 Å². The Kier molecular flexibility index (Phi) is 5.26. The van der Waals surface area contributed by atoms with Crippen LogP contribution in [0.3, 0.4) is 0 Å². The zero-order chi connectivity index (χ0) is 11.9. The molecule has 17 heavy (non-hydrogen) atoms. The molecule has 2 aromatic carbocycles. The minimum Gasteiger partial charge on any atom is -0.0864 e. The monoisotopic (exact) mass is 352 g/mol. The quantitative estimate of drug-likeness (QED) is 0.441. The average molecular weight is 352 g/mol. The Balaban J connectivity index is 2.26. The topological polar surface area (TPSA) is 0 Å². The maximum absolute atomic E-state index is 2.48. The van der Waals surface area contributed by atoms with E-state index in [2.05, 4.69) is 83.3 Å². The highest BCUT2D eigenvalue weighted by Crippen LogP contribution is 2.03. The van der Waals surface area contributed by atoms with Crippen LogP contribution in [0.25, 0.3) is 0 Å². The molecule has 2 aromatic rings. The molecule has 0 spiro atoms. The molecule has 0 saturated heterocycles. The van der Waals surface area contributed by atoms with E-state index >= 15 is 0 Å². The van der Waals surface area contributed by atoms with E-state index in [-0.39, 0.29) is 0 Å². The van der Waals surface area contributed by atoms with Crippen LogP contribution in [-0.2, 0) is 0 Å². The summed E-state index contributed by atoms with van der Waals surface area (Å²) in [5.41, 5.74) is 0. The summed E-state index contributed by atoms with van der Waals surface area (Å²) >= 11 is 2.48. The SMILES string of the molecule is ICCC[SiH](c1ccccc1)c1ccccc1. The van der Waals surface area contributed by atoms with Crippen molar-refractivity contribution in [2.75, 3.05) is 4.43 Å². The van der Waals surface area contributed by atoms with Crippen LogP contribution in [0.2, 0.25) is 6.04 Å². The minimum atomic E-state index is -0.973. The Morgan fingerprint density at radius 2 is 1.24 bits per heavy atom. The molecule has 0 fully saturated rings. The van der Waals surface area contributed by atoms with Gasteiger partial charge in [0.05, 0.1) is 0 Å². The van der Waals surface area contributed by atoms with E-state index in [4.69, 9.17) is 0 Å². The Hall–Kier alpha value is -0.613. The molecule has 0 aliphatic rings. The van der Waals surface area contributed by atoms with Crippen molar-refractivity contribution in [2.45, 2.75) is 12.5 Å². The first kappa shape index (κ1) is 12.8. The molecule has 0 unspecified atom stereocenters. The summed E-state index contributed by atoms with van der Waals surface area (Å²) in [4.78, 5) is 0. The van der Waals surface area contributed by atoms with E-state index < -0.39 is 8.80 Å². The van der Waals surface area contributed by atoms with Gasteiger partial charge in [-0.2, -0.15) is 0 Å². The highest BCUT2D eigenvalue weighted by atomic mass is 127. The maximum atomic E-state index is 2.48. The molecule has 2 rings (SSSR count). The zero-order valence-corrected chi connectivity index (χ0v) is 13.2.